The van der Waals surface area contributed by atoms with E-state index in [1.807, 2.05) is 24.3 Å². The summed E-state index contributed by atoms with van der Waals surface area (Å²) in [6.07, 6.45) is 5.89. The Kier molecular flexibility index (Phi) is 6.65. The van der Waals surface area contributed by atoms with Crippen LogP contribution in [-0.4, -0.2) is 26.5 Å². The highest BCUT2D eigenvalue weighted by Crippen LogP contribution is 2.38. The zero-order valence-corrected chi connectivity index (χ0v) is 17.8. The molecule has 0 atom stereocenters. The molecule has 0 bridgehead atoms. The van der Waals surface area contributed by atoms with Gasteiger partial charge in [-0.15, -0.1) is 0 Å². The fraction of sp³-hybridized carbons (Fsp3) is 0.478. The molecule has 1 heterocycles. The van der Waals surface area contributed by atoms with Crippen LogP contribution in [0.3, 0.4) is 0 Å². The van der Waals surface area contributed by atoms with Crippen molar-refractivity contribution in [2.45, 2.75) is 57.6 Å². The Labute approximate surface area is 167 Å². The Bertz CT molecular complexity index is 1030. The quantitative estimate of drug-likeness (QED) is 0.396. The number of furan rings is 1. The van der Waals surface area contributed by atoms with Gasteiger partial charge in [0.05, 0.1) is 23.5 Å². The van der Waals surface area contributed by atoms with Crippen molar-refractivity contribution in [2.24, 2.45) is 0 Å². The molecule has 1 aromatic heterocycles. The number of aryl methyl sites for hydroxylation is 1. The summed E-state index contributed by atoms with van der Waals surface area (Å²) in [4.78, 5) is 0. The largest absolute Gasteiger partial charge is 0.496 e. The van der Waals surface area contributed by atoms with E-state index >= 15 is 0 Å². The molecule has 0 aliphatic heterocycles. The number of benzene rings is 2. The van der Waals surface area contributed by atoms with Gasteiger partial charge in [-0.25, -0.2) is 8.42 Å². The van der Waals surface area contributed by atoms with Crippen molar-refractivity contribution in [1.82, 2.24) is 0 Å². The van der Waals surface area contributed by atoms with E-state index in [0.717, 1.165) is 66.2 Å². The lowest BCUT2D eigenvalue weighted by molar-refractivity contribution is 0.414. The molecule has 4 nitrogen and oxygen atoms in total. The fourth-order valence-corrected chi connectivity index (χ4v) is 4.72. The highest BCUT2D eigenvalue weighted by molar-refractivity contribution is 7.91. The molecule has 0 amide bonds. The first-order valence-corrected chi connectivity index (χ1v) is 11.8. The number of rotatable bonds is 10. The van der Waals surface area contributed by atoms with E-state index in [1.165, 1.54) is 5.56 Å². The average molecular weight is 403 g/mol. The van der Waals surface area contributed by atoms with Gasteiger partial charge < -0.3 is 9.15 Å². The summed E-state index contributed by atoms with van der Waals surface area (Å²) in [5, 5.41) is 1.87. The molecule has 0 N–H and O–H groups in total. The second kappa shape index (κ2) is 8.99. The van der Waals surface area contributed by atoms with E-state index in [9.17, 15) is 8.42 Å². The maximum Gasteiger partial charge on any atom is 0.152 e. The van der Waals surface area contributed by atoms with Gasteiger partial charge in [0, 0.05) is 5.39 Å². The summed E-state index contributed by atoms with van der Waals surface area (Å²) in [6.45, 7) is 3.51. The molecule has 152 valence electrons. The van der Waals surface area contributed by atoms with Crippen LogP contribution in [0.1, 0.15) is 51.5 Å². The van der Waals surface area contributed by atoms with Gasteiger partial charge in [-0.3, -0.25) is 0 Å². The van der Waals surface area contributed by atoms with Crippen molar-refractivity contribution in [2.75, 3.05) is 12.9 Å². The summed E-state index contributed by atoms with van der Waals surface area (Å²) < 4.78 is 35.4. The molecule has 0 aliphatic carbocycles. The van der Waals surface area contributed by atoms with E-state index in [1.54, 1.807) is 21.0 Å². The van der Waals surface area contributed by atoms with Gasteiger partial charge in [0.25, 0.3) is 0 Å². The Balaban J connectivity index is 1.57. The maximum atomic E-state index is 11.8. The number of methoxy groups -OCH3 is 1. The first-order valence-electron chi connectivity index (χ1n) is 10.1. The molecule has 0 saturated heterocycles. The maximum absolute atomic E-state index is 11.8. The zero-order chi connectivity index (χ0) is 20.1. The highest BCUT2D eigenvalue weighted by atomic mass is 32.2. The minimum Gasteiger partial charge on any atom is -0.496 e. The predicted octanol–water partition coefficient (Wildman–Crippen LogP) is 5.91. The lowest BCUT2D eigenvalue weighted by Crippen LogP contribution is -2.17. The van der Waals surface area contributed by atoms with E-state index < -0.39 is 9.84 Å². The van der Waals surface area contributed by atoms with Crippen LogP contribution < -0.4 is 4.74 Å². The smallest absolute Gasteiger partial charge is 0.152 e. The van der Waals surface area contributed by atoms with Crippen LogP contribution >= 0.6 is 0 Å². The monoisotopic (exact) mass is 402 g/mol. The number of hydrogen-bond donors (Lipinski definition) is 0. The van der Waals surface area contributed by atoms with Crippen molar-refractivity contribution in [3.8, 4) is 5.75 Å². The van der Waals surface area contributed by atoms with Crippen molar-refractivity contribution in [3.63, 3.8) is 0 Å². The van der Waals surface area contributed by atoms with Gasteiger partial charge in [0.15, 0.2) is 9.84 Å². The molecule has 5 heteroatoms. The zero-order valence-electron chi connectivity index (χ0n) is 17.0. The normalized spacial score (nSPS) is 12.3. The molecule has 0 aliphatic rings. The molecule has 28 heavy (non-hydrogen) atoms. The third-order valence-electron chi connectivity index (χ3n) is 5.37. The van der Waals surface area contributed by atoms with Gasteiger partial charge in [-0.1, -0.05) is 43.5 Å². The summed E-state index contributed by atoms with van der Waals surface area (Å²) in [5.41, 5.74) is 2.93. The van der Waals surface area contributed by atoms with Crippen LogP contribution in [0.4, 0.5) is 0 Å². The first-order chi connectivity index (χ1) is 13.4. The molecule has 0 radical (unpaired) electrons. The number of hydrogen-bond acceptors (Lipinski definition) is 4. The van der Waals surface area contributed by atoms with Gasteiger partial charge >= 0.3 is 0 Å². The van der Waals surface area contributed by atoms with Crippen LogP contribution in [0.15, 0.2) is 40.8 Å². The molecule has 0 unspecified atom stereocenters. The molecular formula is C23H30O4S. The molecular weight excluding hydrogens is 372 g/mol. The molecule has 3 aromatic rings. The predicted molar refractivity (Wildman–Crippen MR) is 116 cm³/mol. The third kappa shape index (κ3) is 4.52. The number of para-hydroxylation sites is 1. The van der Waals surface area contributed by atoms with Crippen LogP contribution in [0.5, 0.6) is 5.75 Å². The summed E-state index contributed by atoms with van der Waals surface area (Å²) in [6, 6.07) is 12.2. The van der Waals surface area contributed by atoms with Crippen molar-refractivity contribution >= 4 is 31.8 Å². The fourth-order valence-electron chi connectivity index (χ4n) is 3.64. The number of ether oxygens (including phenoxy) is 1. The molecule has 0 spiro atoms. The number of sulfone groups is 1. The van der Waals surface area contributed by atoms with Gasteiger partial charge in [-0.2, -0.15) is 0 Å². The molecule has 0 saturated carbocycles. The van der Waals surface area contributed by atoms with E-state index in [4.69, 9.17) is 9.15 Å². The number of unbranched alkanes of at least 4 members (excludes halogenated alkanes) is 4. The standard InChI is InChI=1S/C23H30O4S/c1-17(2)28(24,25)16-10-6-4-5-7-11-18-14-15-21-22(23(18)26-3)19-12-8-9-13-20(19)27-21/h8-9,12-15,17H,4-7,10-11,16H2,1-3H3. The molecule has 0 fully saturated rings. The summed E-state index contributed by atoms with van der Waals surface area (Å²) >= 11 is 0. The van der Waals surface area contributed by atoms with Crippen LogP contribution in [-0.2, 0) is 16.3 Å². The topological polar surface area (TPSA) is 56.5 Å². The van der Waals surface area contributed by atoms with E-state index in [-0.39, 0.29) is 5.25 Å². The third-order valence-corrected chi connectivity index (χ3v) is 7.67. The summed E-state index contributed by atoms with van der Waals surface area (Å²) in [5.74, 6) is 1.22. The van der Waals surface area contributed by atoms with Crippen LogP contribution in [0.2, 0.25) is 0 Å². The van der Waals surface area contributed by atoms with Gasteiger partial charge in [0.1, 0.15) is 16.9 Å². The van der Waals surface area contributed by atoms with E-state index in [0.29, 0.717) is 5.75 Å². The highest BCUT2D eigenvalue weighted by Gasteiger charge is 2.16. The Morgan fingerprint density at radius 3 is 2.39 bits per heavy atom. The number of fused-ring (bicyclic) bond motifs is 3. The van der Waals surface area contributed by atoms with Crippen LogP contribution in [0, 0.1) is 0 Å². The SMILES string of the molecule is COc1c(CCCCCCCS(=O)(=O)C(C)C)ccc2oc3ccccc3c12. The second-order valence-electron chi connectivity index (χ2n) is 7.66. The second-order valence-corrected chi connectivity index (χ2v) is 10.3. The van der Waals surface area contributed by atoms with Gasteiger partial charge in [0.2, 0.25) is 0 Å². The Morgan fingerprint density at radius 1 is 0.929 bits per heavy atom. The van der Waals surface area contributed by atoms with Gasteiger partial charge in [-0.05, 0) is 50.8 Å². The van der Waals surface area contributed by atoms with Crippen molar-refractivity contribution < 1.29 is 17.6 Å². The Hall–Kier alpha value is -2.01. The Morgan fingerprint density at radius 2 is 1.64 bits per heavy atom. The van der Waals surface area contributed by atoms with Crippen molar-refractivity contribution in [3.05, 3.63) is 42.0 Å². The molecule has 3 rings (SSSR count). The lowest BCUT2D eigenvalue weighted by Gasteiger charge is -2.10. The first kappa shape index (κ1) is 20.7. The minimum absolute atomic E-state index is 0.270. The average Bonchev–Trinajstić information content (AvgIpc) is 3.05. The van der Waals surface area contributed by atoms with Crippen molar-refractivity contribution in [1.29, 1.82) is 0 Å². The van der Waals surface area contributed by atoms with E-state index in [2.05, 4.69) is 12.1 Å². The summed E-state index contributed by atoms with van der Waals surface area (Å²) in [7, 11) is -1.18. The lowest BCUT2D eigenvalue weighted by atomic mass is 10.0. The minimum atomic E-state index is -2.90. The van der Waals surface area contributed by atoms with Crippen LogP contribution in [0.25, 0.3) is 21.9 Å². The molecule has 2 aromatic carbocycles.